The Morgan fingerprint density at radius 2 is 1.02 bits per heavy atom. The predicted octanol–water partition coefficient (Wildman–Crippen LogP) is 3.09. The zero-order chi connectivity index (χ0) is 34.1. The van der Waals surface area contributed by atoms with Crippen LogP contribution < -0.4 is 16.6 Å². The molecule has 0 saturated carbocycles. The summed E-state index contributed by atoms with van der Waals surface area (Å²) in [5, 5.41) is 9.98. The molecule has 0 aliphatic carbocycles. The van der Waals surface area contributed by atoms with Crippen molar-refractivity contribution in [3.63, 3.8) is 0 Å². The Morgan fingerprint density at radius 3 is 1.38 bits per heavy atom. The van der Waals surface area contributed by atoms with Crippen LogP contribution in [0.15, 0.2) is 0 Å². The topological polar surface area (TPSA) is 112 Å². The summed E-state index contributed by atoms with van der Waals surface area (Å²) in [4.78, 5) is 9.98. The predicted molar refractivity (Wildman–Crippen MR) is 106 cm³/mol. The van der Waals surface area contributed by atoms with Crippen LogP contribution in [-0.2, 0) is 14.3 Å². The molecule has 0 unspecified atom stereocenters. The molecule has 0 aromatic rings. The average molecular weight is 686 g/mol. The lowest BCUT2D eigenvalue weighted by molar-refractivity contribution is -0.461. The van der Waals surface area contributed by atoms with Gasteiger partial charge >= 0.3 is 47.6 Å². The van der Waals surface area contributed by atoms with Crippen molar-refractivity contribution < 1.29 is 99.7 Å². The number of alkyl halides is 17. The zero-order valence-electron chi connectivity index (χ0n) is 20.6. The summed E-state index contributed by atoms with van der Waals surface area (Å²) in [6.07, 6.45) is -10.5. The minimum absolute atomic E-state index is 0.262. The van der Waals surface area contributed by atoms with Gasteiger partial charge in [0.25, 0.3) is 0 Å². The molecule has 24 heteroatoms. The zero-order valence-corrected chi connectivity index (χ0v) is 21.4. The van der Waals surface area contributed by atoms with E-state index in [9.17, 15) is 84.5 Å². The van der Waals surface area contributed by atoms with E-state index in [1.807, 2.05) is 0 Å². The van der Waals surface area contributed by atoms with E-state index in [-0.39, 0.29) is 11.8 Å². The minimum Gasteiger partial charge on any atom is -0.549 e. The van der Waals surface area contributed by atoms with Crippen LogP contribution in [0.3, 0.4) is 0 Å². The van der Waals surface area contributed by atoms with Gasteiger partial charge in [-0.05, 0) is 5.75 Å². The third-order valence-electron chi connectivity index (χ3n) is 4.49. The van der Waals surface area contributed by atoms with Crippen molar-refractivity contribution in [1.29, 1.82) is 0 Å². The first-order valence-corrected chi connectivity index (χ1v) is 11.9. The van der Waals surface area contributed by atoms with Crippen LogP contribution in [0.25, 0.3) is 0 Å². The highest BCUT2D eigenvalue weighted by molar-refractivity contribution is 7.99. The molecule has 0 aliphatic heterocycles. The van der Waals surface area contributed by atoms with Gasteiger partial charge in [0.15, 0.2) is 0 Å². The molecule has 42 heavy (non-hydrogen) atoms. The molecule has 0 radical (unpaired) electrons. The number of thioether (sulfide) groups is 1. The average Bonchev–Trinajstić information content (AvgIpc) is 2.83. The van der Waals surface area contributed by atoms with Crippen LogP contribution in [-0.4, -0.2) is 105 Å². The van der Waals surface area contributed by atoms with Gasteiger partial charge in [0.1, 0.15) is 0 Å². The van der Waals surface area contributed by atoms with Crippen molar-refractivity contribution in [3.05, 3.63) is 0 Å². The van der Waals surface area contributed by atoms with Crippen LogP contribution in [0.5, 0.6) is 0 Å². The summed E-state index contributed by atoms with van der Waals surface area (Å²) in [5.41, 5.74) is 8.83. The van der Waals surface area contributed by atoms with Crippen LogP contribution >= 0.6 is 11.8 Å². The highest BCUT2D eigenvalue weighted by Gasteiger charge is 2.95. The van der Waals surface area contributed by atoms with Crippen LogP contribution in [0, 0.1) is 0 Å². The Bertz CT molecular complexity index is 820. The number of carbonyl (C=O) groups is 1. The number of carboxylic acids is 1. The fourth-order valence-corrected chi connectivity index (χ4v) is 2.93. The van der Waals surface area contributed by atoms with Gasteiger partial charge in [-0.15, -0.1) is 0 Å². The van der Waals surface area contributed by atoms with Gasteiger partial charge in [0, 0.05) is 18.7 Å². The van der Waals surface area contributed by atoms with Crippen LogP contribution in [0.4, 0.5) is 74.6 Å². The second-order valence-electron chi connectivity index (χ2n) is 7.69. The number of aliphatic carboxylic acids is 1. The number of hydrogen-bond acceptors (Lipinski definition) is 6. The molecule has 0 fully saturated rings. The number of quaternary nitrogens is 1. The molecular formula is C18H23F17N2O4S. The lowest BCUT2D eigenvalue weighted by Crippen LogP contribution is -2.74. The van der Waals surface area contributed by atoms with E-state index in [1.165, 1.54) is 0 Å². The number of carbonyl (C=O) groups excluding carboxylic acids is 1. The lowest BCUT2D eigenvalue weighted by atomic mass is 9.88. The van der Waals surface area contributed by atoms with Crippen molar-refractivity contribution in [3.8, 4) is 0 Å². The third kappa shape index (κ3) is 9.24. The third-order valence-corrected chi connectivity index (χ3v) is 5.42. The summed E-state index contributed by atoms with van der Waals surface area (Å²) >= 11 is -0.262. The fourth-order valence-electron chi connectivity index (χ4n) is 2.22. The molecule has 0 atom stereocenters. The molecule has 0 aromatic carbocycles. The maximum atomic E-state index is 13.4. The van der Waals surface area contributed by atoms with Gasteiger partial charge in [-0.25, -0.2) is 0 Å². The van der Waals surface area contributed by atoms with Crippen molar-refractivity contribution in [1.82, 2.24) is 0 Å². The highest BCUT2D eigenvalue weighted by atomic mass is 32.2. The summed E-state index contributed by atoms with van der Waals surface area (Å²) in [6.45, 7) is 4.01. The summed E-state index contributed by atoms with van der Waals surface area (Å²) < 4.78 is 230. The smallest absolute Gasteiger partial charge is 0.460 e. The minimum atomic E-state index is -8.66. The van der Waals surface area contributed by atoms with Crippen molar-refractivity contribution in [2.75, 3.05) is 51.0 Å². The number of carboxylic acid groups (broad SMARTS) is 1. The van der Waals surface area contributed by atoms with Gasteiger partial charge < -0.3 is 30.8 Å². The van der Waals surface area contributed by atoms with Crippen LogP contribution in [0.1, 0.15) is 6.42 Å². The lowest BCUT2D eigenvalue weighted by Gasteiger charge is -2.42. The van der Waals surface area contributed by atoms with E-state index in [0.29, 0.717) is 33.0 Å². The molecule has 6 nitrogen and oxygen atoms in total. The van der Waals surface area contributed by atoms with Gasteiger partial charge in [-0.3, -0.25) is 0 Å². The maximum absolute atomic E-state index is 13.4. The second kappa shape index (κ2) is 15.5. The maximum Gasteiger partial charge on any atom is 0.460 e. The summed E-state index contributed by atoms with van der Waals surface area (Å²) in [7, 11) is 0. The number of hydrogen-bond donors (Lipinski definition) is 2. The molecule has 0 saturated heterocycles. The van der Waals surface area contributed by atoms with Gasteiger partial charge in [-0.1, -0.05) is 0 Å². The number of ether oxygens (including phenoxy) is 2. The number of nitrogens with two attached hydrogens (primary N) is 1. The van der Waals surface area contributed by atoms with E-state index in [0.717, 1.165) is 6.54 Å². The van der Waals surface area contributed by atoms with E-state index in [2.05, 4.69) is 5.73 Å². The number of rotatable bonds is 18. The Hall–Kier alpha value is -1.53. The Morgan fingerprint density at radius 1 is 0.643 bits per heavy atom. The van der Waals surface area contributed by atoms with Gasteiger partial charge in [-0.2, -0.15) is 86.4 Å². The fraction of sp³-hybridized carbons (Fsp3) is 0.944. The Kier molecular flexibility index (Phi) is 15.7. The van der Waals surface area contributed by atoms with Crippen LogP contribution in [0.2, 0.25) is 0 Å². The van der Waals surface area contributed by atoms with E-state index < -0.39 is 71.5 Å². The molecule has 0 aliphatic rings. The highest BCUT2D eigenvalue weighted by Crippen LogP contribution is 2.64. The molecule has 0 aromatic heterocycles. The molecule has 254 valence electrons. The first-order chi connectivity index (χ1) is 18.6. The second-order valence-corrected chi connectivity index (χ2v) is 8.80. The molecule has 0 rings (SSSR count). The summed E-state index contributed by atoms with van der Waals surface area (Å²) in [6, 6.07) is 0. The first-order valence-electron chi connectivity index (χ1n) is 10.7. The van der Waals surface area contributed by atoms with E-state index in [1.54, 1.807) is 0 Å². The number of halogens is 17. The van der Waals surface area contributed by atoms with Crippen molar-refractivity contribution >= 4 is 17.7 Å². The molecule has 0 heterocycles. The SMILES string of the molecule is NCCOCCOCC[NH3+].O=C([O-])CSCCC(F)(F)C(F)(F)C(F)(F)C(F)(F)C(F)(F)C(F)(F)C(F)(F)C(F)(F)F. The van der Waals surface area contributed by atoms with Crippen molar-refractivity contribution in [2.45, 2.75) is 54.1 Å². The van der Waals surface area contributed by atoms with Gasteiger partial charge in [0.2, 0.25) is 0 Å². The molecule has 0 bridgehead atoms. The molecular weight excluding hydrogens is 663 g/mol. The normalized spacial score (nSPS) is 14.5. The largest absolute Gasteiger partial charge is 0.549 e. The quantitative estimate of drug-likeness (QED) is 0.170. The van der Waals surface area contributed by atoms with E-state index >= 15 is 0 Å². The van der Waals surface area contributed by atoms with E-state index in [4.69, 9.17) is 15.2 Å². The Balaban J connectivity index is 0. The Labute approximate surface area is 229 Å². The molecule has 0 amide bonds. The summed E-state index contributed by atoms with van der Waals surface area (Å²) in [5.74, 6) is -61.4. The molecule has 0 spiro atoms. The van der Waals surface area contributed by atoms with Gasteiger partial charge in [0.05, 0.1) is 38.9 Å². The first kappa shape index (κ1) is 42.6. The standard InChI is InChI=1S/C12H7F17O2S.C6H16N2O2/c13-5(14,1-2-32-3-4(30)31)6(15,16)7(17,18)8(19,20)9(21,22)10(23,24)11(25,26)12(27,28)29;7-1-3-9-5-6-10-4-2-8/h1-3H2,(H,30,31);1-8H2. The molecule has 5 N–H and O–H groups in total. The van der Waals surface area contributed by atoms with Crippen molar-refractivity contribution in [2.24, 2.45) is 5.73 Å². The monoisotopic (exact) mass is 686 g/mol.